The summed E-state index contributed by atoms with van der Waals surface area (Å²) in [4.78, 5) is 12.1. The van der Waals surface area contributed by atoms with Gasteiger partial charge in [-0.15, -0.1) is 0 Å². The monoisotopic (exact) mass is 294 g/mol. The van der Waals surface area contributed by atoms with Gasteiger partial charge in [0, 0.05) is 0 Å². The first-order valence-electron chi connectivity index (χ1n) is 6.39. The van der Waals surface area contributed by atoms with Gasteiger partial charge in [0.15, 0.2) is 17.7 Å². The van der Waals surface area contributed by atoms with Crippen molar-refractivity contribution in [2.75, 3.05) is 24.7 Å². The van der Waals surface area contributed by atoms with E-state index in [4.69, 9.17) is 20.9 Å². The first-order valence-corrected chi connectivity index (χ1v) is 6.39. The zero-order valence-corrected chi connectivity index (χ0v) is 10.9. The number of hydrogen-bond donors (Lipinski definition) is 4. The summed E-state index contributed by atoms with van der Waals surface area (Å²) in [6, 6.07) is 0. The second-order valence-electron chi connectivity index (χ2n) is 5.24. The molecule has 10 heteroatoms. The molecule has 2 aromatic rings. The van der Waals surface area contributed by atoms with Gasteiger partial charge < -0.3 is 31.2 Å². The van der Waals surface area contributed by atoms with Gasteiger partial charge >= 0.3 is 0 Å². The molecule has 10 nitrogen and oxygen atoms in total. The van der Waals surface area contributed by atoms with Crippen molar-refractivity contribution < 1.29 is 19.7 Å². The summed E-state index contributed by atoms with van der Waals surface area (Å²) in [6.07, 6.45) is -0.741. The average Bonchev–Trinajstić information content (AvgIpc) is 3.09. The van der Waals surface area contributed by atoms with E-state index in [-0.39, 0.29) is 25.0 Å². The highest BCUT2D eigenvalue weighted by Gasteiger charge is 2.61. The summed E-state index contributed by atoms with van der Waals surface area (Å²) < 4.78 is 12.9. The van der Waals surface area contributed by atoms with E-state index < -0.39 is 24.0 Å². The molecule has 0 amide bonds. The lowest BCUT2D eigenvalue weighted by Crippen LogP contribution is -2.44. The Labute approximate surface area is 118 Å². The molecule has 2 saturated heterocycles. The Morgan fingerprint density at radius 2 is 2.24 bits per heavy atom. The first-order chi connectivity index (χ1) is 10.1. The molecule has 0 spiro atoms. The number of aliphatic hydroxyl groups is 2. The van der Waals surface area contributed by atoms with Crippen molar-refractivity contribution in [2.45, 2.75) is 24.0 Å². The summed E-state index contributed by atoms with van der Waals surface area (Å²) in [5.74, 6) is 0.181. The maximum absolute atomic E-state index is 10.2. The number of aliphatic hydroxyl groups excluding tert-OH is 2. The summed E-state index contributed by atoms with van der Waals surface area (Å²) in [5, 5.41) is 19.7. The van der Waals surface area contributed by atoms with Crippen LogP contribution in [-0.4, -0.2) is 60.8 Å². The molecule has 0 radical (unpaired) electrons. The number of nitrogens with zero attached hydrogens (tertiary/aromatic N) is 4. The third-order valence-electron chi connectivity index (χ3n) is 4.01. The Kier molecular flexibility index (Phi) is 2.43. The van der Waals surface area contributed by atoms with E-state index in [2.05, 4.69) is 15.0 Å². The van der Waals surface area contributed by atoms with Crippen LogP contribution in [0.5, 0.6) is 0 Å². The number of aromatic nitrogens is 4. The maximum Gasteiger partial charge on any atom is 0.224 e. The molecule has 112 valence electrons. The number of fused-ring (bicyclic) bond motifs is 3. The molecule has 0 saturated carbocycles. The third-order valence-corrected chi connectivity index (χ3v) is 4.01. The quantitative estimate of drug-likeness (QED) is 0.492. The van der Waals surface area contributed by atoms with Crippen LogP contribution >= 0.6 is 0 Å². The van der Waals surface area contributed by atoms with E-state index in [1.54, 1.807) is 4.57 Å². The Hall–Kier alpha value is -2.01. The van der Waals surface area contributed by atoms with Crippen LogP contribution in [0.15, 0.2) is 6.33 Å². The van der Waals surface area contributed by atoms with Gasteiger partial charge in [-0.3, -0.25) is 4.57 Å². The molecule has 0 aromatic carbocycles. The van der Waals surface area contributed by atoms with Gasteiger partial charge in [-0.05, 0) is 0 Å². The van der Waals surface area contributed by atoms with E-state index >= 15 is 0 Å². The number of imidazole rings is 1. The summed E-state index contributed by atoms with van der Waals surface area (Å²) in [6.45, 7) is -0.204. The van der Waals surface area contributed by atoms with Gasteiger partial charge in [-0.25, -0.2) is 4.98 Å². The highest BCUT2D eigenvalue weighted by molar-refractivity contribution is 5.82. The van der Waals surface area contributed by atoms with Crippen LogP contribution in [0.3, 0.4) is 0 Å². The Morgan fingerprint density at radius 1 is 1.43 bits per heavy atom. The molecular formula is C11H14N6O4. The van der Waals surface area contributed by atoms with Gasteiger partial charge in [-0.2, -0.15) is 9.97 Å². The minimum atomic E-state index is -1.12. The van der Waals surface area contributed by atoms with E-state index in [0.717, 1.165) is 0 Å². The Bertz CT molecular complexity index is 720. The van der Waals surface area contributed by atoms with Gasteiger partial charge in [0.05, 0.1) is 19.5 Å². The standard InChI is InChI=1S/C11H14N6O4/c12-7-4-8(16-10(13)15-7)17(3-14-4)9-5-6(19)11(1-18,21-9)2-20-5/h3,5-6,9,18-19H,1-2H2,(H4,12,13,15,16)/t5-,6+,9+,11+/m0/s1. The molecule has 2 aromatic heterocycles. The SMILES string of the molecule is Nc1nc(N)c2ncn([C@@H]3O[C@]4(CO)CO[C@H]3[C@H]4O)c2n1. The van der Waals surface area contributed by atoms with E-state index in [9.17, 15) is 10.2 Å². The fraction of sp³-hybridized carbons (Fsp3) is 0.545. The average molecular weight is 294 g/mol. The summed E-state index contributed by atoms with van der Waals surface area (Å²) in [5.41, 5.74) is 11.0. The molecule has 2 aliphatic rings. The molecular weight excluding hydrogens is 280 g/mol. The van der Waals surface area contributed by atoms with Crippen LogP contribution in [0.1, 0.15) is 6.23 Å². The van der Waals surface area contributed by atoms with Crippen LogP contribution in [0, 0.1) is 0 Å². The lowest BCUT2D eigenvalue weighted by Gasteiger charge is -2.29. The fourth-order valence-electron chi connectivity index (χ4n) is 2.90. The zero-order chi connectivity index (χ0) is 14.8. The van der Waals surface area contributed by atoms with Crippen molar-refractivity contribution in [3.05, 3.63) is 6.33 Å². The molecule has 2 bridgehead atoms. The topological polar surface area (TPSA) is 155 Å². The minimum absolute atomic E-state index is 0.0169. The van der Waals surface area contributed by atoms with Crippen LogP contribution in [0.4, 0.5) is 11.8 Å². The number of nitrogen functional groups attached to an aromatic ring is 2. The number of nitrogens with two attached hydrogens (primary N) is 2. The van der Waals surface area contributed by atoms with Crippen molar-refractivity contribution in [1.29, 1.82) is 0 Å². The lowest BCUT2D eigenvalue weighted by atomic mass is 10.0. The van der Waals surface area contributed by atoms with E-state index in [1.807, 2.05) is 0 Å². The minimum Gasteiger partial charge on any atom is -0.393 e. The largest absolute Gasteiger partial charge is 0.393 e. The Balaban J connectivity index is 1.82. The highest BCUT2D eigenvalue weighted by Crippen LogP contribution is 2.45. The highest BCUT2D eigenvalue weighted by atomic mass is 16.7. The van der Waals surface area contributed by atoms with Crippen LogP contribution in [-0.2, 0) is 9.47 Å². The number of hydrogen-bond acceptors (Lipinski definition) is 9. The van der Waals surface area contributed by atoms with E-state index in [1.165, 1.54) is 6.33 Å². The van der Waals surface area contributed by atoms with Crippen molar-refractivity contribution in [3.63, 3.8) is 0 Å². The molecule has 6 N–H and O–H groups in total. The number of ether oxygens (including phenoxy) is 2. The number of rotatable bonds is 2. The summed E-state index contributed by atoms with van der Waals surface area (Å²) >= 11 is 0. The second kappa shape index (κ2) is 4.01. The predicted octanol–water partition coefficient (Wildman–Crippen LogP) is -1.99. The van der Waals surface area contributed by atoms with E-state index in [0.29, 0.717) is 11.2 Å². The molecule has 2 fully saturated rings. The summed E-state index contributed by atoms with van der Waals surface area (Å²) in [7, 11) is 0. The zero-order valence-electron chi connectivity index (χ0n) is 10.9. The molecule has 4 atom stereocenters. The smallest absolute Gasteiger partial charge is 0.224 e. The van der Waals surface area contributed by atoms with Crippen molar-refractivity contribution in [3.8, 4) is 0 Å². The van der Waals surface area contributed by atoms with Crippen molar-refractivity contribution >= 4 is 22.9 Å². The molecule has 21 heavy (non-hydrogen) atoms. The predicted molar refractivity (Wildman–Crippen MR) is 69.8 cm³/mol. The van der Waals surface area contributed by atoms with Gasteiger partial charge in [0.2, 0.25) is 5.95 Å². The Morgan fingerprint density at radius 3 is 2.95 bits per heavy atom. The third kappa shape index (κ3) is 1.52. The molecule has 2 aliphatic heterocycles. The van der Waals surface area contributed by atoms with Crippen LogP contribution < -0.4 is 11.5 Å². The molecule has 0 unspecified atom stereocenters. The maximum atomic E-state index is 10.2. The molecule has 4 heterocycles. The first kappa shape index (κ1) is 12.7. The van der Waals surface area contributed by atoms with Gasteiger partial charge in [-0.1, -0.05) is 0 Å². The van der Waals surface area contributed by atoms with Crippen molar-refractivity contribution in [1.82, 2.24) is 19.5 Å². The van der Waals surface area contributed by atoms with Crippen molar-refractivity contribution in [2.24, 2.45) is 0 Å². The van der Waals surface area contributed by atoms with Gasteiger partial charge in [0.25, 0.3) is 0 Å². The van der Waals surface area contributed by atoms with Gasteiger partial charge in [0.1, 0.15) is 23.3 Å². The molecule has 0 aliphatic carbocycles. The normalized spacial score (nSPS) is 34.9. The molecule has 4 rings (SSSR count). The second-order valence-corrected chi connectivity index (χ2v) is 5.24. The lowest BCUT2D eigenvalue weighted by molar-refractivity contribution is -0.185. The van der Waals surface area contributed by atoms with Crippen LogP contribution in [0.2, 0.25) is 0 Å². The van der Waals surface area contributed by atoms with Crippen LogP contribution in [0.25, 0.3) is 11.2 Å². The fourth-order valence-corrected chi connectivity index (χ4v) is 2.90. The number of anilines is 2.